The van der Waals surface area contributed by atoms with E-state index in [9.17, 15) is 14.4 Å². The fourth-order valence-corrected chi connectivity index (χ4v) is 3.29. The maximum absolute atomic E-state index is 12.5. The number of benzene rings is 1. The molecule has 128 valence electrons. The normalized spacial score (nSPS) is 23.4. The summed E-state index contributed by atoms with van der Waals surface area (Å²) < 4.78 is 5.23. The Morgan fingerprint density at radius 2 is 1.88 bits per heavy atom. The van der Waals surface area contributed by atoms with Crippen LogP contribution in [0.25, 0.3) is 0 Å². The van der Waals surface area contributed by atoms with Crippen molar-refractivity contribution in [2.24, 2.45) is 5.92 Å². The van der Waals surface area contributed by atoms with Crippen LogP contribution in [-0.4, -0.2) is 34.9 Å². The smallest absolute Gasteiger partial charge is 0.326 e. The van der Waals surface area contributed by atoms with Crippen LogP contribution in [0.3, 0.4) is 0 Å². The van der Waals surface area contributed by atoms with Gasteiger partial charge in [0.2, 0.25) is 0 Å². The zero-order chi connectivity index (χ0) is 17.5. The monoisotopic (exact) mass is 330 g/mol. The number of nitrogens with zero attached hydrogens (tertiary/aromatic N) is 1. The van der Waals surface area contributed by atoms with Crippen LogP contribution < -0.4 is 5.32 Å². The van der Waals surface area contributed by atoms with E-state index in [1.165, 1.54) is 0 Å². The SMILES string of the molecule is Cc1cc(C)cc(COC(=O)CN2C(=O)NC(C)(C3CC3)C2=O)c1. The van der Waals surface area contributed by atoms with Gasteiger partial charge in [-0.25, -0.2) is 4.79 Å². The van der Waals surface area contributed by atoms with Gasteiger partial charge < -0.3 is 10.1 Å². The zero-order valence-electron chi connectivity index (χ0n) is 14.2. The van der Waals surface area contributed by atoms with Gasteiger partial charge in [0.25, 0.3) is 5.91 Å². The lowest BCUT2D eigenvalue weighted by molar-refractivity contribution is -0.148. The minimum atomic E-state index is -0.870. The van der Waals surface area contributed by atoms with Crippen LogP contribution in [0.2, 0.25) is 0 Å². The van der Waals surface area contributed by atoms with E-state index in [2.05, 4.69) is 5.32 Å². The second kappa shape index (κ2) is 5.92. The first-order valence-corrected chi connectivity index (χ1v) is 8.16. The molecule has 1 atom stereocenters. The van der Waals surface area contributed by atoms with Crippen molar-refractivity contribution in [1.29, 1.82) is 0 Å². The second-order valence-electron chi connectivity index (χ2n) is 6.95. The van der Waals surface area contributed by atoms with Gasteiger partial charge in [0.1, 0.15) is 18.7 Å². The Hall–Kier alpha value is -2.37. The summed E-state index contributed by atoms with van der Waals surface area (Å²) in [5.41, 5.74) is 2.21. The lowest BCUT2D eigenvalue weighted by Gasteiger charge is -2.20. The third-order valence-corrected chi connectivity index (χ3v) is 4.66. The van der Waals surface area contributed by atoms with Gasteiger partial charge in [-0.15, -0.1) is 0 Å². The van der Waals surface area contributed by atoms with Gasteiger partial charge in [-0.3, -0.25) is 14.5 Å². The molecular formula is C18H22N2O4. The van der Waals surface area contributed by atoms with Gasteiger partial charge in [-0.05, 0) is 45.1 Å². The summed E-state index contributed by atoms with van der Waals surface area (Å²) in [4.78, 5) is 37.5. The number of hydrogen-bond acceptors (Lipinski definition) is 4. The van der Waals surface area contributed by atoms with Crippen molar-refractivity contribution < 1.29 is 19.1 Å². The summed E-state index contributed by atoms with van der Waals surface area (Å²) in [5.74, 6) is -0.749. The van der Waals surface area contributed by atoms with Gasteiger partial charge >= 0.3 is 12.0 Å². The number of esters is 1. The first-order valence-electron chi connectivity index (χ1n) is 8.16. The third kappa shape index (κ3) is 3.13. The Kier molecular flexibility index (Phi) is 4.07. The molecule has 6 heteroatoms. The Balaban J connectivity index is 1.58. The zero-order valence-corrected chi connectivity index (χ0v) is 14.2. The Labute approximate surface area is 141 Å². The van der Waals surface area contributed by atoms with Gasteiger partial charge in [0.05, 0.1) is 0 Å². The number of amides is 3. The van der Waals surface area contributed by atoms with Crippen molar-refractivity contribution in [3.8, 4) is 0 Å². The Bertz CT molecular complexity index is 691. The van der Waals surface area contributed by atoms with Gasteiger partial charge in [-0.1, -0.05) is 29.3 Å². The van der Waals surface area contributed by atoms with Gasteiger partial charge in [0, 0.05) is 0 Å². The first-order chi connectivity index (χ1) is 11.3. The van der Waals surface area contributed by atoms with E-state index in [4.69, 9.17) is 4.74 Å². The fourth-order valence-electron chi connectivity index (χ4n) is 3.29. The number of nitrogens with one attached hydrogen (secondary N) is 1. The van der Waals surface area contributed by atoms with Crippen LogP contribution >= 0.6 is 0 Å². The van der Waals surface area contributed by atoms with Crippen molar-refractivity contribution in [3.05, 3.63) is 34.9 Å². The van der Waals surface area contributed by atoms with Crippen LogP contribution in [0.15, 0.2) is 18.2 Å². The van der Waals surface area contributed by atoms with E-state index in [-0.39, 0.29) is 25.0 Å². The number of aryl methyl sites for hydroxylation is 2. The predicted octanol–water partition coefficient (Wildman–Crippen LogP) is 2.07. The highest BCUT2D eigenvalue weighted by molar-refractivity contribution is 6.08. The molecule has 2 fully saturated rings. The molecule has 0 aromatic heterocycles. The molecule has 1 saturated heterocycles. The van der Waals surface area contributed by atoms with E-state index < -0.39 is 17.5 Å². The molecule has 1 unspecified atom stereocenters. The van der Waals surface area contributed by atoms with E-state index >= 15 is 0 Å². The number of hydrogen-bond donors (Lipinski definition) is 1. The molecule has 0 spiro atoms. The highest BCUT2D eigenvalue weighted by atomic mass is 16.5. The van der Waals surface area contributed by atoms with Crippen molar-refractivity contribution in [3.63, 3.8) is 0 Å². The predicted molar refractivity (Wildman–Crippen MR) is 87.1 cm³/mol. The van der Waals surface area contributed by atoms with Gasteiger partial charge in [-0.2, -0.15) is 0 Å². The lowest BCUT2D eigenvalue weighted by atomic mass is 9.96. The van der Waals surface area contributed by atoms with Crippen molar-refractivity contribution in [2.45, 2.75) is 45.8 Å². The largest absolute Gasteiger partial charge is 0.459 e. The maximum Gasteiger partial charge on any atom is 0.326 e. The van der Waals surface area contributed by atoms with E-state index in [1.807, 2.05) is 32.0 Å². The molecule has 1 aromatic carbocycles. The molecular weight excluding hydrogens is 308 g/mol. The molecule has 24 heavy (non-hydrogen) atoms. The summed E-state index contributed by atoms with van der Waals surface area (Å²) >= 11 is 0. The number of imide groups is 1. The molecule has 1 aliphatic carbocycles. The van der Waals surface area contributed by atoms with Crippen LogP contribution in [0.4, 0.5) is 4.79 Å². The minimum absolute atomic E-state index is 0.130. The van der Waals surface area contributed by atoms with E-state index in [0.717, 1.165) is 34.4 Å². The molecule has 3 amide bonds. The second-order valence-corrected chi connectivity index (χ2v) is 6.95. The maximum atomic E-state index is 12.5. The third-order valence-electron chi connectivity index (χ3n) is 4.66. The summed E-state index contributed by atoms with van der Waals surface area (Å²) in [7, 11) is 0. The first kappa shape index (κ1) is 16.5. The van der Waals surface area contributed by atoms with Crippen LogP contribution in [0.1, 0.15) is 36.5 Å². The molecule has 1 aliphatic heterocycles. The van der Waals surface area contributed by atoms with Crippen molar-refractivity contribution in [1.82, 2.24) is 10.2 Å². The molecule has 0 bridgehead atoms. The van der Waals surface area contributed by atoms with E-state index in [1.54, 1.807) is 6.92 Å². The molecule has 0 radical (unpaired) electrons. The average Bonchev–Trinajstić information content (AvgIpc) is 3.31. The highest BCUT2D eigenvalue weighted by Gasteiger charge is 2.56. The standard InChI is InChI=1S/C18H22N2O4/c1-11-6-12(2)8-13(7-11)10-24-15(21)9-20-16(22)18(3,14-4-5-14)19-17(20)23/h6-8,14H,4-5,9-10H2,1-3H3,(H,19,23). The molecule has 2 aliphatic rings. The molecule has 6 nitrogen and oxygen atoms in total. The average molecular weight is 330 g/mol. The van der Waals surface area contributed by atoms with Gasteiger partial charge in [0.15, 0.2) is 0 Å². The topological polar surface area (TPSA) is 75.7 Å². The highest BCUT2D eigenvalue weighted by Crippen LogP contribution is 2.42. The lowest BCUT2D eigenvalue weighted by Crippen LogP contribution is -2.46. The van der Waals surface area contributed by atoms with Crippen molar-refractivity contribution >= 4 is 17.9 Å². The quantitative estimate of drug-likeness (QED) is 0.662. The molecule has 1 saturated carbocycles. The van der Waals surface area contributed by atoms with E-state index in [0.29, 0.717) is 0 Å². The van der Waals surface area contributed by atoms with Crippen LogP contribution in [0.5, 0.6) is 0 Å². The summed E-state index contributed by atoms with van der Waals surface area (Å²) in [6, 6.07) is 5.41. The molecule has 1 heterocycles. The summed E-state index contributed by atoms with van der Waals surface area (Å²) in [5, 5.41) is 2.72. The number of rotatable bonds is 5. The molecule has 1 aromatic rings. The number of carbonyl (C=O) groups is 3. The number of carbonyl (C=O) groups excluding carboxylic acids is 3. The number of urea groups is 1. The summed E-state index contributed by atoms with van der Waals surface area (Å²) in [6.45, 7) is 5.46. The minimum Gasteiger partial charge on any atom is -0.459 e. The molecule has 1 N–H and O–H groups in total. The summed E-state index contributed by atoms with van der Waals surface area (Å²) in [6.07, 6.45) is 1.85. The van der Waals surface area contributed by atoms with Crippen LogP contribution in [-0.2, 0) is 20.9 Å². The number of ether oxygens (including phenoxy) is 1. The fraction of sp³-hybridized carbons (Fsp3) is 0.500. The Morgan fingerprint density at radius 1 is 1.25 bits per heavy atom. The molecule has 3 rings (SSSR count). The van der Waals surface area contributed by atoms with Crippen molar-refractivity contribution in [2.75, 3.05) is 6.54 Å². The Morgan fingerprint density at radius 3 is 2.46 bits per heavy atom. The van der Waals surface area contributed by atoms with Crippen LogP contribution in [0, 0.1) is 19.8 Å².